The number of hydrogen-bond donors (Lipinski definition) is 3. The minimum atomic E-state index is 0.281. The second-order valence-corrected chi connectivity index (χ2v) is 5.72. The van der Waals surface area contributed by atoms with Gasteiger partial charge >= 0.3 is 0 Å². The summed E-state index contributed by atoms with van der Waals surface area (Å²) >= 11 is 0. The molecule has 6 heteroatoms. The Kier molecular flexibility index (Phi) is 3.14. The van der Waals surface area contributed by atoms with Gasteiger partial charge in [0.1, 0.15) is 11.5 Å². The van der Waals surface area contributed by atoms with Crippen LogP contribution < -0.4 is 11.1 Å². The topological polar surface area (TPSA) is 92.5 Å². The molecule has 3 aromatic rings. The second kappa shape index (κ2) is 5.29. The Morgan fingerprint density at radius 3 is 2.86 bits per heavy atom. The van der Waals surface area contributed by atoms with Crippen LogP contribution in [-0.2, 0) is 0 Å². The first-order chi connectivity index (χ1) is 10.8. The zero-order chi connectivity index (χ0) is 14.9. The number of hydrogen-bond acceptors (Lipinski definition) is 5. The smallest absolute Gasteiger partial charge is 0.220 e. The molecule has 4 N–H and O–H groups in total. The molecule has 3 aromatic heterocycles. The second-order valence-electron chi connectivity index (χ2n) is 5.72. The molecule has 0 radical (unpaired) electrons. The van der Waals surface area contributed by atoms with Gasteiger partial charge in [0.15, 0.2) is 0 Å². The maximum absolute atomic E-state index is 5.72. The lowest BCUT2D eigenvalue weighted by atomic mass is 10.1. The van der Waals surface area contributed by atoms with E-state index in [0.717, 1.165) is 28.1 Å². The van der Waals surface area contributed by atoms with Gasteiger partial charge in [0.25, 0.3) is 0 Å². The molecular weight excluding hydrogens is 276 g/mol. The fourth-order valence-electron chi connectivity index (χ4n) is 3.13. The van der Waals surface area contributed by atoms with Crippen LogP contribution in [0.15, 0.2) is 30.6 Å². The van der Waals surface area contributed by atoms with Crippen LogP contribution in [0.3, 0.4) is 0 Å². The van der Waals surface area contributed by atoms with Gasteiger partial charge in [-0.25, -0.2) is 15.0 Å². The van der Waals surface area contributed by atoms with Crippen molar-refractivity contribution in [2.45, 2.75) is 31.7 Å². The van der Waals surface area contributed by atoms with Gasteiger partial charge in [0.2, 0.25) is 5.95 Å². The van der Waals surface area contributed by atoms with Gasteiger partial charge in [-0.2, -0.15) is 0 Å². The average Bonchev–Trinajstić information content (AvgIpc) is 3.17. The first kappa shape index (κ1) is 13.1. The average molecular weight is 294 g/mol. The lowest BCUT2D eigenvalue weighted by molar-refractivity contribution is 0.751. The van der Waals surface area contributed by atoms with Crippen LogP contribution >= 0.6 is 0 Å². The number of nitrogens with two attached hydrogens (primary N) is 1. The van der Waals surface area contributed by atoms with Crippen molar-refractivity contribution in [3.63, 3.8) is 0 Å². The molecule has 4 rings (SSSR count). The third kappa shape index (κ3) is 2.36. The first-order valence-electron chi connectivity index (χ1n) is 7.63. The van der Waals surface area contributed by atoms with Gasteiger partial charge in [0, 0.05) is 29.4 Å². The molecule has 1 aliphatic rings. The van der Waals surface area contributed by atoms with Crippen molar-refractivity contribution in [2.24, 2.45) is 0 Å². The van der Waals surface area contributed by atoms with Crippen LogP contribution in [0, 0.1) is 0 Å². The van der Waals surface area contributed by atoms with Crippen LogP contribution in [0.1, 0.15) is 25.7 Å². The Bertz CT molecular complexity index is 803. The molecule has 0 unspecified atom stereocenters. The van der Waals surface area contributed by atoms with Crippen molar-refractivity contribution in [1.29, 1.82) is 0 Å². The third-order valence-corrected chi connectivity index (χ3v) is 4.19. The van der Waals surface area contributed by atoms with Crippen LogP contribution in [0.5, 0.6) is 0 Å². The molecule has 0 saturated heterocycles. The molecule has 22 heavy (non-hydrogen) atoms. The van der Waals surface area contributed by atoms with Crippen LogP contribution in [0.25, 0.3) is 22.3 Å². The number of aromatic amines is 1. The van der Waals surface area contributed by atoms with E-state index in [1.54, 1.807) is 6.20 Å². The summed E-state index contributed by atoms with van der Waals surface area (Å²) in [5, 5.41) is 4.58. The summed E-state index contributed by atoms with van der Waals surface area (Å²) in [7, 11) is 0. The van der Waals surface area contributed by atoms with Crippen molar-refractivity contribution in [3.8, 4) is 11.3 Å². The number of H-pyrrole nitrogens is 1. The molecule has 112 valence electrons. The maximum atomic E-state index is 5.72. The summed E-state index contributed by atoms with van der Waals surface area (Å²) in [6.45, 7) is 0. The van der Waals surface area contributed by atoms with Crippen LogP contribution in [-0.4, -0.2) is 26.0 Å². The lowest BCUT2D eigenvalue weighted by Crippen LogP contribution is -2.15. The Morgan fingerprint density at radius 1 is 1.18 bits per heavy atom. The molecule has 0 aliphatic heterocycles. The van der Waals surface area contributed by atoms with E-state index >= 15 is 0 Å². The highest BCUT2D eigenvalue weighted by molar-refractivity contribution is 5.93. The molecule has 1 saturated carbocycles. The SMILES string of the molecule is Nc1nccc(-c2cc(NC3CCCC3)nc3[nH]ccc23)n1. The molecule has 0 bridgehead atoms. The Morgan fingerprint density at radius 2 is 2.05 bits per heavy atom. The molecular formula is C16H18N6. The predicted octanol–water partition coefficient (Wildman–Crippen LogP) is 2.96. The van der Waals surface area contributed by atoms with E-state index in [4.69, 9.17) is 5.73 Å². The van der Waals surface area contributed by atoms with Gasteiger partial charge in [-0.05, 0) is 31.0 Å². The number of nitrogens with one attached hydrogen (secondary N) is 2. The molecule has 0 spiro atoms. The predicted molar refractivity (Wildman–Crippen MR) is 87.4 cm³/mol. The van der Waals surface area contributed by atoms with E-state index in [2.05, 4.69) is 31.3 Å². The molecule has 1 aliphatic carbocycles. The third-order valence-electron chi connectivity index (χ3n) is 4.19. The van der Waals surface area contributed by atoms with Crippen molar-refractivity contribution in [3.05, 3.63) is 30.6 Å². The maximum Gasteiger partial charge on any atom is 0.220 e. The van der Waals surface area contributed by atoms with E-state index in [-0.39, 0.29) is 5.95 Å². The van der Waals surface area contributed by atoms with Crippen LogP contribution in [0.4, 0.5) is 11.8 Å². The Hall–Kier alpha value is -2.63. The number of anilines is 2. The monoisotopic (exact) mass is 294 g/mol. The fraction of sp³-hybridized carbons (Fsp3) is 0.312. The number of aromatic nitrogens is 4. The Labute approximate surface area is 128 Å². The highest BCUT2D eigenvalue weighted by Gasteiger charge is 2.17. The van der Waals surface area contributed by atoms with Gasteiger partial charge in [-0.3, -0.25) is 0 Å². The summed E-state index contributed by atoms with van der Waals surface area (Å²) in [6, 6.07) is 6.45. The van der Waals surface area contributed by atoms with E-state index < -0.39 is 0 Å². The summed E-state index contributed by atoms with van der Waals surface area (Å²) < 4.78 is 0. The first-order valence-corrected chi connectivity index (χ1v) is 7.63. The van der Waals surface area contributed by atoms with Crippen molar-refractivity contribution in [2.75, 3.05) is 11.1 Å². The molecule has 0 amide bonds. The lowest BCUT2D eigenvalue weighted by Gasteiger charge is -2.14. The molecule has 0 atom stereocenters. The quantitative estimate of drug-likeness (QED) is 0.690. The van der Waals surface area contributed by atoms with Gasteiger partial charge in [-0.1, -0.05) is 12.8 Å². The molecule has 6 nitrogen and oxygen atoms in total. The zero-order valence-corrected chi connectivity index (χ0v) is 12.2. The minimum Gasteiger partial charge on any atom is -0.368 e. The highest BCUT2D eigenvalue weighted by atomic mass is 15.0. The number of pyridine rings is 1. The van der Waals surface area contributed by atoms with Crippen molar-refractivity contribution < 1.29 is 0 Å². The van der Waals surface area contributed by atoms with E-state index in [1.165, 1.54) is 25.7 Å². The standard InChI is InChI=1S/C16H18N6/c17-16-19-8-6-13(21-16)12-9-14(20-10-3-1-2-4-10)22-15-11(12)5-7-18-15/h5-10H,1-4H2,(H2,17,19,21)(H2,18,20,22). The van der Waals surface area contributed by atoms with E-state index in [9.17, 15) is 0 Å². The molecule has 1 fully saturated rings. The van der Waals surface area contributed by atoms with E-state index in [1.807, 2.05) is 18.3 Å². The number of rotatable bonds is 3. The summed E-state index contributed by atoms with van der Waals surface area (Å²) in [4.78, 5) is 16.2. The molecule has 3 heterocycles. The Balaban J connectivity index is 1.80. The minimum absolute atomic E-state index is 0.281. The van der Waals surface area contributed by atoms with E-state index in [0.29, 0.717) is 6.04 Å². The summed E-state index contributed by atoms with van der Waals surface area (Å²) in [5.74, 6) is 1.16. The van der Waals surface area contributed by atoms with Crippen molar-refractivity contribution in [1.82, 2.24) is 19.9 Å². The number of nitrogen functional groups attached to an aromatic ring is 1. The summed E-state index contributed by atoms with van der Waals surface area (Å²) in [6.07, 6.45) is 8.57. The zero-order valence-electron chi connectivity index (χ0n) is 12.2. The van der Waals surface area contributed by atoms with Gasteiger partial charge < -0.3 is 16.0 Å². The van der Waals surface area contributed by atoms with Gasteiger partial charge in [-0.15, -0.1) is 0 Å². The normalized spacial score (nSPS) is 15.5. The van der Waals surface area contributed by atoms with Gasteiger partial charge in [0.05, 0.1) is 5.69 Å². The number of nitrogens with zero attached hydrogens (tertiary/aromatic N) is 3. The molecule has 0 aromatic carbocycles. The van der Waals surface area contributed by atoms with Crippen molar-refractivity contribution >= 4 is 22.8 Å². The van der Waals surface area contributed by atoms with Crippen LogP contribution in [0.2, 0.25) is 0 Å². The summed E-state index contributed by atoms with van der Waals surface area (Å²) in [5.41, 5.74) is 8.41. The number of fused-ring (bicyclic) bond motifs is 1. The fourth-order valence-corrected chi connectivity index (χ4v) is 3.13. The largest absolute Gasteiger partial charge is 0.368 e. The highest BCUT2D eigenvalue weighted by Crippen LogP contribution is 2.30.